The van der Waals surface area contributed by atoms with Gasteiger partial charge >= 0.3 is 0 Å². The molecule has 0 unspecified atom stereocenters. The number of carbonyl (C=O) groups excluding carboxylic acids is 2. The Bertz CT molecular complexity index is 1630. The van der Waals surface area contributed by atoms with E-state index < -0.39 is 0 Å². The van der Waals surface area contributed by atoms with E-state index in [4.69, 9.17) is 21.3 Å². The number of hydrogen-bond acceptors (Lipinski definition) is 5. The number of nitrogens with one attached hydrogen (secondary N) is 1. The molecule has 1 aliphatic rings. The van der Waals surface area contributed by atoms with Gasteiger partial charge in [-0.2, -0.15) is 0 Å². The molecule has 9 heteroatoms. The Hall–Kier alpha value is -3.85. The predicted octanol–water partition coefficient (Wildman–Crippen LogP) is 8.24. The van der Waals surface area contributed by atoms with Crippen LogP contribution in [0.25, 0.3) is 6.08 Å². The predicted molar refractivity (Wildman–Crippen MR) is 167 cm³/mol. The molecule has 1 heterocycles. The van der Waals surface area contributed by atoms with Crippen LogP contribution in [0.15, 0.2) is 111 Å². The molecule has 0 bridgehead atoms. The van der Waals surface area contributed by atoms with Gasteiger partial charge in [-0.1, -0.05) is 70.0 Å². The Balaban J connectivity index is 1.40. The molecule has 0 aromatic heterocycles. The summed E-state index contributed by atoms with van der Waals surface area (Å²) in [6.45, 7) is 1.67. The molecular weight excluding hydrogens is 610 g/mol. The Labute approximate surface area is 249 Å². The summed E-state index contributed by atoms with van der Waals surface area (Å²) in [4.78, 5) is 33.1. The maximum atomic E-state index is 13.7. The van der Waals surface area contributed by atoms with Gasteiger partial charge in [-0.3, -0.25) is 14.5 Å². The molecule has 200 valence electrons. The number of thioether (sulfide) groups is 1. The molecule has 2 amide bonds. The maximum absolute atomic E-state index is 13.7. The van der Waals surface area contributed by atoms with Crippen LogP contribution in [0.1, 0.15) is 11.1 Å². The summed E-state index contributed by atoms with van der Waals surface area (Å²) in [5.41, 5.74) is 3.61. The van der Waals surface area contributed by atoms with Crippen molar-refractivity contribution < 1.29 is 14.3 Å². The van der Waals surface area contributed by atoms with Gasteiger partial charge in [0, 0.05) is 20.7 Å². The van der Waals surface area contributed by atoms with Crippen LogP contribution < -0.4 is 15.0 Å². The summed E-state index contributed by atoms with van der Waals surface area (Å²) in [7, 11) is 0. The number of hydrogen-bond donors (Lipinski definition) is 1. The highest BCUT2D eigenvalue weighted by Crippen LogP contribution is 2.38. The summed E-state index contributed by atoms with van der Waals surface area (Å²) in [5.74, 6) is -0.0769. The van der Waals surface area contributed by atoms with E-state index in [1.807, 2.05) is 85.8 Å². The second-order valence-corrected chi connectivity index (χ2v) is 11.1. The number of anilines is 2. The van der Waals surface area contributed by atoms with E-state index in [0.29, 0.717) is 32.1 Å². The minimum absolute atomic E-state index is 0.203. The molecule has 0 spiro atoms. The molecule has 1 N–H and O–H groups in total. The van der Waals surface area contributed by atoms with Gasteiger partial charge in [-0.05, 0) is 84.9 Å². The van der Waals surface area contributed by atoms with Gasteiger partial charge in [-0.25, -0.2) is 4.99 Å². The molecule has 40 heavy (non-hydrogen) atoms. The van der Waals surface area contributed by atoms with E-state index in [0.717, 1.165) is 21.4 Å². The molecule has 0 aliphatic carbocycles. The summed E-state index contributed by atoms with van der Waals surface area (Å²) in [6.07, 6.45) is 1.76. The highest BCUT2D eigenvalue weighted by atomic mass is 79.9. The number of aliphatic imine (C=N–C) groups is 1. The molecule has 5 rings (SSSR count). The van der Waals surface area contributed by atoms with Crippen LogP contribution in [-0.2, 0) is 9.59 Å². The van der Waals surface area contributed by atoms with Crippen molar-refractivity contribution in [1.82, 2.24) is 0 Å². The van der Waals surface area contributed by atoms with Gasteiger partial charge in [0.25, 0.3) is 11.8 Å². The first-order valence-corrected chi connectivity index (χ1v) is 14.3. The number of para-hydroxylation sites is 2. The summed E-state index contributed by atoms with van der Waals surface area (Å²) in [6, 6.07) is 29.6. The van der Waals surface area contributed by atoms with Crippen molar-refractivity contribution in [3.05, 3.63) is 123 Å². The van der Waals surface area contributed by atoms with Crippen molar-refractivity contribution in [2.45, 2.75) is 6.92 Å². The zero-order valence-electron chi connectivity index (χ0n) is 21.3. The lowest BCUT2D eigenvalue weighted by Gasteiger charge is -2.15. The molecule has 1 aliphatic heterocycles. The van der Waals surface area contributed by atoms with Crippen molar-refractivity contribution in [2.24, 2.45) is 4.99 Å². The number of aryl methyl sites for hydroxylation is 1. The number of ether oxygens (including phenoxy) is 1. The van der Waals surface area contributed by atoms with E-state index in [1.54, 1.807) is 29.2 Å². The van der Waals surface area contributed by atoms with Gasteiger partial charge in [0.05, 0.1) is 16.3 Å². The Morgan fingerprint density at radius 2 is 1.75 bits per heavy atom. The Morgan fingerprint density at radius 3 is 2.48 bits per heavy atom. The number of carbonyl (C=O) groups is 2. The minimum atomic E-state index is -0.333. The van der Waals surface area contributed by atoms with Gasteiger partial charge in [0.1, 0.15) is 5.75 Å². The van der Waals surface area contributed by atoms with Gasteiger partial charge in [-0.15, -0.1) is 0 Å². The first-order valence-electron chi connectivity index (χ1n) is 12.3. The second kappa shape index (κ2) is 12.6. The highest BCUT2D eigenvalue weighted by molar-refractivity contribution is 9.10. The highest BCUT2D eigenvalue weighted by Gasteiger charge is 2.35. The topological polar surface area (TPSA) is 71.0 Å². The van der Waals surface area contributed by atoms with Crippen molar-refractivity contribution in [3.8, 4) is 5.75 Å². The number of amidine groups is 1. The zero-order valence-corrected chi connectivity index (χ0v) is 24.5. The van der Waals surface area contributed by atoms with E-state index in [9.17, 15) is 9.59 Å². The zero-order chi connectivity index (χ0) is 28.1. The van der Waals surface area contributed by atoms with Gasteiger partial charge < -0.3 is 10.1 Å². The summed E-state index contributed by atoms with van der Waals surface area (Å²) in [5, 5.41) is 3.90. The summed E-state index contributed by atoms with van der Waals surface area (Å²) < 4.78 is 6.69. The normalized spacial score (nSPS) is 15.1. The van der Waals surface area contributed by atoms with Crippen LogP contribution in [0.3, 0.4) is 0 Å². The third kappa shape index (κ3) is 6.65. The molecule has 1 saturated heterocycles. The lowest BCUT2D eigenvalue weighted by Crippen LogP contribution is -2.28. The largest absolute Gasteiger partial charge is 0.483 e. The third-order valence-electron chi connectivity index (χ3n) is 5.87. The average molecular weight is 633 g/mol. The number of rotatable bonds is 7. The molecule has 4 aromatic rings. The second-order valence-electron chi connectivity index (χ2n) is 8.80. The van der Waals surface area contributed by atoms with Crippen LogP contribution in [0.4, 0.5) is 17.1 Å². The summed E-state index contributed by atoms with van der Waals surface area (Å²) >= 11 is 10.9. The van der Waals surface area contributed by atoms with Crippen molar-refractivity contribution in [3.63, 3.8) is 0 Å². The smallest absolute Gasteiger partial charge is 0.271 e. The lowest BCUT2D eigenvalue weighted by molar-refractivity contribution is -0.118. The van der Waals surface area contributed by atoms with Gasteiger partial charge in [0.15, 0.2) is 11.8 Å². The van der Waals surface area contributed by atoms with E-state index >= 15 is 0 Å². The number of nitrogens with zero attached hydrogens (tertiary/aromatic N) is 2. The number of benzene rings is 4. The van der Waals surface area contributed by atoms with Crippen LogP contribution in [0, 0.1) is 6.92 Å². The molecule has 6 nitrogen and oxygen atoms in total. The maximum Gasteiger partial charge on any atom is 0.271 e. The SMILES string of the molecule is Cc1ccc(NC(=O)COc2ccc(Br)cc2/C=C2\SC(=Nc3ccccc3)N(c3ccccc3)C2=O)cc1Cl. The fraction of sp³-hybridized carbons (Fsp3) is 0.0645. The third-order valence-corrected chi connectivity index (χ3v) is 7.74. The van der Waals surface area contributed by atoms with Gasteiger partial charge in [0.2, 0.25) is 0 Å². The quantitative estimate of drug-likeness (QED) is 0.208. The molecule has 1 fully saturated rings. The molecule has 0 radical (unpaired) electrons. The fourth-order valence-electron chi connectivity index (χ4n) is 3.88. The fourth-order valence-corrected chi connectivity index (χ4v) is 5.43. The molecule has 4 aromatic carbocycles. The van der Waals surface area contributed by atoms with Crippen LogP contribution in [-0.4, -0.2) is 23.6 Å². The van der Waals surface area contributed by atoms with E-state index in [1.165, 1.54) is 11.8 Å². The molecular formula is C31H23BrClN3O3S. The van der Waals surface area contributed by atoms with E-state index in [2.05, 4.69) is 21.2 Å². The van der Waals surface area contributed by atoms with Crippen molar-refractivity contribution in [1.29, 1.82) is 0 Å². The Kier molecular flexibility index (Phi) is 8.69. The molecule has 0 atom stereocenters. The Morgan fingerprint density at radius 1 is 1.02 bits per heavy atom. The number of halogens is 2. The monoisotopic (exact) mass is 631 g/mol. The van der Waals surface area contributed by atoms with Crippen LogP contribution >= 0.6 is 39.3 Å². The average Bonchev–Trinajstić information content (AvgIpc) is 3.25. The first kappa shape index (κ1) is 27.7. The minimum Gasteiger partial charge on any atom is -0.483 e. The van der Waals surface area contributed by atoms with E-state index in [-0.39, 0.29) is 18.4 Å². The standard InChI is InChI=1S/C31H23BrClN3O3S/c1-20-12-14-24(18-26(20)33)34-29(37)19-39-27-15-13-22(32)16-21(27)17-28-30(38)36(25-10-6-3-7-11-25)31(40-28)35-23-8-4-2-5-9-23/h2-18H,19H2,1H3,(H,34,37)/b28-17-,35-31?. The van der Waals surface area contributed by atoms with Crippen molar-refractivity contribution in [2.75, 3.05) is 16.8 Å². The first-order chi connectivity index (χ1) is 19.4. The van der Waals surface area contributed by atoms with Crippen molar-refractivity contribution >= 4 is 79.4 Å². The van der Waals surface area contributed by atoms with Crippen LogP contribution in [0.5, 0.6) is 5.75 Å². The molecule has 0 saturated carbocycles. The lowest BCUT2D eigenvalue weighted by atomic mass is 10.2. The number of amides is 2. The van der Waals surface area contributed by atoms with Crippen LogP contribution in [0.2, 0.25) is 5.02 Å².